The molecular formula is C17H17Cl3O3Ti. The van der Waals surface area contributed by atoms with Gasteiger partial charge >= 0.3 is 137 Å². The quantitative estimate of drug-likeness (QED) is 0.266. The monoisotopic (exact) mass is 422 g/mol. The molecule has 0 heterocycles. The molecule has 0 aliphatic heterocycles. The van der Waals surface area contributed by atoms with E-state index in [-0.39, 0.29) is 43.2 Å². The Balaban J connectivity index is 0. The van der Waals surface area contributed by atoms with Crippen LogP contribution < -0.4 is 45.3 Å². The molecule has 2 aromatic rings. The number of rotatable bonds is 6. The summed E-state index contributed by atoms with van der Waals surface area (Å²) in [5.74, 6) is 1.14. The third-order valence-corrected chi connectivity index (χ3v) is 3.48. The summed E-state index contributed by atoms with van der Waals surface area (Å²) in [4.78, 5) is 11.9. The molecular weight excluding hydrogens is 406 g/mol. The Morgan fingerprint density at radius 3 is 1.96 bits per heavy atom. The van der Waals surface area contributed by atoms with Gasteiger partial charge in [0.1, 0.15) is 0 Å². The van der Waals surface area contributed by atoms with E-state index < -0.39 is 0 Å². The van der Waals surface area contributed by atoms with E-state index in [0.717, 1.165) is 29.7 Å². The summed E-state index contributed by atoms with van der Waals surface area (Å²) in [6, 6.07) is 15.2. The molecule has 0 amide bonds. The van der Waals surface area contributed by atoms with Gasteiger partial charge in [-0.3, -0.25) is 0 Å². The van der Waals surface area contributed by atoms with Gasteiger partial charge in [0, 0.05) is 0 Å². The Hall–Kier alpha value is -0.706. The van der Waals surface area contributed by atoms with E-state index in [1.54, 1.807) is 20.8 Å². The first-order valence-corrected chi connectivity index (χ1v) is 7.62. The van der Waals surface area contributed by atoms with Crippen molar-refractivity contribution < 1.29 is 70.9 Å². The van der Waals surface area contributed by atoms with Gasteiger partial charge in [0.2, 0.25) is 0 Å². The van der Waals surface area contributed by atoms with Crippen LogP contribution in [0, 0.1) is 0 Å². The maximum absolute atomic E-state index is 11.9. The number of carbonyl (C=O) groups excluding carboxylic acids is 1. The van der Waals surface area contributed by atoms with Crippen LogP contribution in [-0.4, -0.2) is 5.97 Å². The van der Waals surface area contributed by atoms with Crippen molar-refractivity contribution in [2.75, 3.05) is 0 Å². The summed E-state index contributed by atoms with van der Waals surface area (Å²) in [7, 11) is 0. The van der Waals surface area contributed by atoms with Crippen molar-refractivity contribution in [2.45, 2.75) is 26.2 Å². The van der Waals surface area contributed by atoms with E-state index in [4.69, 9.17) is 8.06 Å². The Kier molecular flexibility index (Phi) is 14.4. The second kappa shape index (κ2) is 13.6. The summed E-state index contributed by atoms with van der Waals surface area (Å²) in [5.41, 5.74) is 1.78. The first-order chi connectivity index (χ1) is 10.3. The van der Waals surface area contributed by atoms with E-state index >= 15 is 0 Å². The number of carbonyl (C=O) groups is 1. The minimum absolute atomic E-state index is 0. The Morgan fingerprint density at radius 2 is 1.42 bits per heavy atom. The number of halogens is 3. The Bertz CT molecular complexity index is 624. The van der Waals surface area contributed by atoms with Crippen molar-refractivity contribution in [1.82, 2.24) is 0 Å². The minimum Gasteiger partial charge on any atom is -1.00 e. The van der Waals surface area contributed by atoms with Crippen LogP contribution in [0.2, 0.25) is 0 Å². The zero-order valence-electron chi connectivity index (χ0n) is 13.1. The number of benzene rings is 2. The molecule has 0 N–H and O–H groups in total. The smallest absolute Gasteiger partial charge is 1.00 e. The van der Waals surface area contributed by atoms with Crippen molar-refractivity contribution in [3.05, 3.63) is 48.5 Å². The van der Waals surface area contributed by atoms with Gasteiger partial charge in [-0.1, -0.05) is 0 Å². The summed E-state index contributed by atoms with van der Waals surface area (Å²) < 4.78 is 10.9. The molecule has 0 unspecified atom stereocenters. The van der Waals surface area contributed by atoms with Crippen molar-refractivity contribution in [3.8, 4) is 22.6 Å². The van der Waals surface area contributed by atoms with Gasteiger partial charge in [-0.25, -0.2) is 0 Å². The summed E-state index contributed by atoms with van der Waals surface area (Å²) in [6.07, 6.45) is 2.26. The zero-order valence-corrected chi connectivity index (χ0v) is 16.9. The Labute approximate surface area is 173 Å². The van der Waals surface area contributed by atoms with E-state index in [1.807, 2.05) is 48.5 Å². The van der Waals surface area contributed by atoms with Gasteiger partial charge in [0.05, 0.1) is 0 Å². The van der Waals surface area contributed by atoms with Crippen molar-refractivity contribution >= 4 is 5.97 Å². The summed E-state index contributed by atoms with van der Waals surface area (Å²) >= 11 is 1.63. The molecule has 128 valence electrons. The molecule has 0 aliphatic carbocycles. The normalized spacial score (nSPS) is 8.96. The standard InChI is InChI=1S/C17H18O3.3ClH.Ti/c1-2-3-12-17(19)20-16-11-7-5-9-14(16)13-8-4-6-10-15(13)18;;;;/h4-11,18H,2-3,12H2,1H3;3*1H;/q;;;;+4/p-4. The third-order valence-electron chi connectivity index (χ3n) is 3.13. The SMILES string of the molecule is CCCCC(=O)Oc1ccccc1-c1ccccc1[O][Ti+3].[Cl-].[Cl-].[Cl-]. The van der Waals surface area contributed by atoms with Crippen LogP contribution in [0.15, 0.2) is 48.5 Å². The predicted octanol–water partition coefficient (Wildman–Crippen LogP) is -4.70. The number of hydrogen-bond donors (Lipinski definition) is 0. The molecule has 0 saturated carbocycles. The summed E-state index contributed by atoms with van der Waals surface area (Å²) in [5, 5.41) is 0. The van der Waals surface area contributed by atoms with Crippen LogP contribution >= 0.6 is 0 Å². The molecule has 0 spiro atoms. The zero-order chi connectivity index (χ0) is 15.1. The molecule has 2 aromatic carbocycles. The minimum atomic E-state index is -0.195. The maximum Gasteiger partial charge on any atom is -1.00 e. The molecule has 0 aromatic heterocycles. The largest absolute Gasteiger partial charge is 1.00 e. The van der Waals surface area contributed by atoms with Crippen LogP contribution in [0.5, 0.6) is 11.5 Å². The van der Waals surface area contributed by atoms with Gasteiger partial charge in [-0.15, -0.1) is 0 Å². The number of ether oxygens (including phenoxy) is 1. The number of unbranched alkanes of at least 4 members (excludes halogenated alkanes) is 1. The first kappa shape index (κ1) is 25.5. The summed E-state index contributed by atoms with van der Waals surface area (Å²) in [6.45, 7) is 2.05. The first-order valence-electron chi connectivity index (χ1n) is 6.99. The van der Waals surface area contributed by atoms with E-state index in [1.165, 1.54) is 0 Å². The fourth-order valence-electron chi connectivity index (χ4n) is 2.05. The average Bonchev–Trinajstić information content (AvgIpc) is 2.53. The number of para-hydroxylation sites is 2. The van der Waals surface area contributed by atoms with Crippen molar-refractivity contribution in [3.63, 3.8) is 0 Å². The van der Waals surface area contributed by atoms with Crippen LogP contribution in [0.3, 0.4) is 0 Å². The fraction of sp³-hybridized carbons (Fsp3) is 0.235. The molecule has 3 nitrogen and oxygen atoms in total. The molecule has 2 rings (SSSR count). The molecule has 0 atom stereocenters. The molecule has 0 saturated heterocycles. The van der Waals surface area contributed by atoms with E-state index in [0.29, 0.717) is 12.2 Å². The van der Waals surface area contributed by atoms with E-state index in [2.05, 4.69) is 6.92 Å². The van der Waals surface area contributed by atoms with Crippen LogP contribution in [0.4, 0.5) is 0 Å². The maximum atomic E-state index is 11.9. The van der Waals surface area contributed by atoms with Crippen molar-refractivity contribution in [2.24, 2.45) is 0 Å². The van der Waals surface area contributed by atoms with Crippen LogP contribution in [0.25, 0.3) is 11.1 Å². The van der Waals surface area contributed by atoms with Gasteiger partial charge in [0.15, 0.2) is 0 Å². The van der Waals surface area contributed by atoms with E-state index in [9.17, 15) is 4.79 Å². The molecule has 0 bridgehead atoms. The van der Waals surface area contributed by atoms with Gasteiger partial charge in [-0.2, -0.15) is 0 Å². The second-order valence-electron chi connectivity index (χ2n) is 4.67. The number of esters is 1. The second-order valence-corrected chi connectivity index (χ2v) is 4.99. The van der Waals surface area contributed by atoms with Crippen LogP contribution in [0.1, 0.15) is 26.2 Å². The third kappa shape index (κ3) is 7.04. The number of hydrogen-bond acceptors (Lipinski definition) is 3. The topological polar surface area (TPSA) is 35.5 Å². The van der Waals surface area contributed by atoms with Gasteiger partial charge < -0.3 is 37.2 Å². The fourth-order valence-corrected chi connectivity index (χ4v) is 2.33. The van der Waals surface area contributed by atoms with Crippen LogP contribution in [-0.2, 0) is 25.6 Å². The predicted molar refractivity (Wildman–Crippen MR) is 77.7 cm³/mol. The van der Waals surface area contributed by atoms with Gasteiger partial charge in [-0.05, 0) is 0 Å². The molecule has 0 radical (unpaired) electrons. The molecule has 0 fully saturated rings. The Morgan fingerprint density at radius 1 is 0.917 bits per heavy atom. The van der Waals surface area contributed by atoms with Crippen molar-refractivity contribution in [1.29, 1.82) is 0 Å². The average molecular weight is 424 g/mol. The molecule has 0 aliphatic rings. The molecule has 7 heteroatoms. The molecule has 24 heavy (non-hydrogen) atoms. The van der Waals surface area contributed by atoms with Gasteiger partial charge in [0.25, 0.3) is 0 Å².